The van der Waals surface area contributed by atoms with Crippen molar-refractivity contribution in [3.05, 3.63) is 74.7 Å². The van der Waals surface area contributed by atoms with Crippen LogP contribution in [0.4, 0.5) is 13.2 Å². The minimum Gasteiger partial charge on any atom is -0.490 e. The third-order valence-corrected chi connectivity index (χ3v) is 7.35. The van der Waals surface area contributed by atoms with Crippen molar-refractivity contribution in [1.82, 2.24) is 0 Å². The molecule has 0 saturated heterocycles. The van der Waals surface area contributed by atoms with Crippen molar-refractivity contribution in [1.29, 1.82) is 0 Å². The monoisotopic (exact) mass is 442 g/mol. The van der Waals surface area contributed by atoms with Crippen molar-refractivity contribution in [2.75, 3.05) is 6.61 Å². The Balaban J connectivity index is 1.54. The lowest BCUT2D eigenvalue weighted by Crippen LogP contribution is -2.20. The molecule has 1 fully saturated rings. The second-order valence-electron chi connectivity index (χ2n) is 9.57. The molecule has 4 heteroatoms. The maximum absolute atomic E-state index is 15.2. The highest BCUT2D eigenvalue weighted by Crippen LogP contribution is 2.34. The molecule has 0 spiro atoms. The minimum absolute atomic E-state index is 0.0515. The van der Waals surface area contributed by atoms with Gasteiger partial charge >= 0.3 is 0 Å². The smallest absolute Gasteiger partial charge is 0.173 e. The highest BCUT2D eigenvalue weighted by Gasteiger charge is 2.24. The first-order valence-electron chi connectivity index (χ1n) is 12.0. The van der Waals surface area contributed by atoms with E-state index >= 15 is 4.39 Å². The molecule has 2 aromatic carbocycles. The molecule has 0 aliphatic heterocycles. The average Bonchev–Trinajstić information content (AvgIpc) is 2.78. The van der Waals surface area contributed by atoms with Crippen LogP contribution in [0.3, 0.4) is 0 Å². The van der Waals surface area contributed by atoms with E-state index in [9.17, 15) is 8.78 Å². The Kier molecular flexibility index (Phi) is 6.97. The first-order valence-corrected chi connectivity index (χ1v) is 12.0. The molecule has 0 N–H and O–H groups in total. The molecule has 1 unspecified atom stereocenters. The van der Waals surface area contributed by atoms with E-state index in [0.717, 1.165) is 38.0 Å². The second kappa shape index (κ2) is 9.72. The molecule has 2 aliphatic carbocycles. The van der Waals surface area contributed by atoms with Crippen molar-refractivity contribution in [2.45, 2.75) is 71.1 Å². The summed E-state index contributed by atoms with van der Waals surface area (Å²) in [5.41, 5.74) is 0.373. The predicted octanol–water partition coefficient (Wildman–Crippen LogP) is 8.05. The van der Waals surface area contributed by atoms with Crippen LogP contribution in [0.25, 0.3) is 0 Å². The lowest BCUT2D eigenvalue weighted by atomic mass is 9.80. The highest BCUT2D eigenvalue weighted by molar-refractivity contribution is 5.39. The summed E-state index contributed by atoms with van der Waals surface area (Å²) in [6, 6.07) is 5.10. The molecule has 0 amide bonds. The summed E-state index contributed by atoms with van der Waals surface area (Å²) in [5.74, 6) is -1.17. The molecule has 0 heterocycles. The van der Waals surface area contributed by atoms with Crippen molar-refractivity contribution >= 4 is 0 Å². The standard InChI is InChI=1S/C28H33F3O/c1-4-6-8-18-9-11-19(12-10-18)16-32-23-14-13-20-22-15-21(17(3)7-5-2)26(29)28(31)25(22)24(20)27(23)30/h4,13-15,17-19H,1,5-12,16H2,2-3H3. The zero-order valence-corrected chi connectivity index (χ0v) is 19.2. The molecule has 172 valence electrons. The van der Waals surface area contributed by atoms with E-state index in [-0.39, 0.29) is 22.1 Å². The Labute approximate surface area is 188 Å². The van der Waals surface area contributed by atoms with E-state index in [1.54, 1.807) is 18.2 Å². The van der Waals surface area contributed by atoms with Crippen molar-refractivity contribution in [3.8, 4) is 5.75 Å². The molecular weight excluding hydrogens is 409 g/mol. The van der Waals surface area contributed by atoms with Crippen LogP contribution in [0.15, 0.2) is 30.9 Å². The number of halogens is 3. The SMILES string of the molecule is C=CCCC1CCC(COc2ccc3c(c2F)=c2c(F)c(F)c(C(C)CCC)cc2=3)CC1. The van der Waals surface area contributed by atoms with Crippen LogP contribution in [-0.4, -0.2) is 6.61 Å². The first-order chi connectivity index (χ1) is 15.5. The Morgan fingerprint density at radius 2 is 1.69 bits per heavy atom. The Morgan fingerprint density at radius 1 is 1.00 bits per heavy atom. The van der Waals surface area contributed by atoms with Gasteiger partial charge in [-0.05, 0) is 84.1 Å². The number of allylic oxidation sites excluding steroid dienone is 1. The molecule has 2 aliphatic rings. The van der Waals surface area contributed by atoms with E-state index in [2.05, 4.69) is 6.58 Å². The average molecular weight is 443 g/mol. The highest BCUT2D eigenvalue weighted by atomic mass is 19.2. The molecule has 32 heavy (non-hydrogen) atoms. The van der Waals surface area contributed by atoms with Gasteiger partial charge in [-0.2, -0.15) is 0 Å². The van der Waals surface area contributed by atoms with Crippen molar-refractivity contribution in [3.63, 3.8) is 0 Å². The number of hydrogen-bond donors (Lipinski definition) is 0. The van der Waals surface area contributed by atoms with Gasteiger partial charge in [-0.1, -0.05) is 39.2 Å². The fourth-order valence-corrected chi connectivity index (χ4v) is 5.37. The quantitative estimate of drug-likeness (QED) is 0.305. The van der Waals surface area contributed by atoms with Crippen LogP contribution in [0.1, 0.15) is 76.7 Å². The molecule has 0 radical (unpaired) electrons. The van der Waals surface area contributed by atoms with Crippen LogP contribution >= 0.6 is 0 Å². The van der Waals surface area contributed by atoms with Crippen LogP contribution in [0.5, 0.6) is 5.75 Å². The number of rotatable bonds is 9. The van der Waals surface area contributed by atoms with Gasteiger partial charge in [0.2, 0.25) is 0 Å². The summed E-state index contributed by atoms with van der Waals surface area (Å²) in [5, 5.41) is 1.43. The second-order valence-corrected chi connectivity index (χ2v) is 9.57. The molecular formula is C28H33F3O. The molecule has 2 aromatic rings. The number of benzene rings is 2. The molecule has 1 nitrogen and oxygen atoms in total. The largest absolute Gasteiger partial charge is 0.490 e. The predicted molar refractivity (Wildman–Crippen MR) is 122 cm³/mol. The summed E-state index contributed by atoms with van der Waals surface area (Å²) in [6.07, 6.45) is 10.4. The lowest BCUT2D eigenvalue weighted by Gasteiger charge is -2.28. The van der Waals surface area contributed by atoms with E-state index in [4.69, 9.17) is 4.74 Å². The van der Waals surface area contributed by atoms with E-state index in [1.807, 2.05) is 19.9 Å². The van der Waals surface area contributed by atoms with Gasteiger partial charge < -0.3 is 4.74 Å². The van der Waals surface area contributed by atoms with Gasteiger partial charge in [0.05, 0.1) is 6.61 Å². The number of fused-ring (bicyclic) bond motifs is 2. The zero-order valence-electron chi connectivity index (χ0n) is 19.2. The van der Waals surface area contributed by atoms with Gasteiger partial charge in [-0.25, -0.2) is 13.2 Å². The molecule has 0 bridgehead atoms. The Hall–Kier alpha value is -2.23. The van der Waals surface area contributed by atoms with E-state index in [1.165, 1.54) is 19.3 Å². The summed E-state index contributed by atoms with van der Waals surface area (Å²) in [4.78, 5) is 0. The van der Waals surface area contributed by atoms with Crippen LogP contribution in [0.2, 0.25) is 0 Å². The maximum Gasteiger partial charge on any atom is 0.173 e. The molecule has 1 atom stereocenters. The Bertz CT molecular complexity index is 1180. The molecule has 4 rings (SSSR count). The Morgan fingerprint density at radius 3 is 2.38 bits per heavy atom. The van der Waals surface area contributed by atoms with Gasteiger partial charge in [-0.15, -0.1) is 6.58 Å². The van der Waals surface area contributed by atoms with Gasteiger partial charge in [0.1, 0.15) is 0 Å². The topological polar surface area (TPSA) is 9.23 Å². The maximum atomic E-state index is 15.2. The van der Waals surface area contributed by atoms with Crippen molar-refractivity contribution < 1.29 is 17.9 Å². The lowest BCUT2D eigenvalue weighted by molar-refractivity contribution is 0.175. The summed E-state index contributed by atoms with van der Waals surface area (Å²) < 4.78 is 50.7. The third kappa shape index (κ3) is 4.21. The number of hydrogen-bond acceptors (Lipinski definition) is 1. The fraction of sp³-hybridized carbons (Fsp3) is 0.500. The number of ether oxygens (including phenoxy) is 1. The van der Waals surface area contributed by atoms with Gasteiger partial charge in [-0.3, -0.25) is 0 Å². The van der Waals surface area contributed by atoms with Gasteiger partial charge in [0.15, 0.2) is 23.2 Å². The van der Waals surface area contributed by atoms with Gasteiger partial charge in [0, 0.05) is 10.4 Å². The third-order valence-electron chi connectivity index (χ3n) is 7.35. The summed E-state index contributed by atoms with van der Waals surface area (Å²) in [7, 11) is 0. The van der Waals surface area contributed by atoms with Gasteiger partial charge in [0.25, 0.3) is 0 Å². The van der Waals surface area contributed by atoms with E-state index in [0.29, 0.717) is 28.5 Å². The van der Waals surface area contributed by atoms with Crippen LogP contribution in [0, 0.1) is 50.2 Å². The molecule has 0 aromatic heterocycles. The zero-order chi connectivity index (χ0) is 22.8. The minimum atomic E-state index is -0.943. The van der Waals surface area contributed by atoms with Crippen LogP contribution in [-0.2, 0) is 0 Å². The van der Waals surface area contributed by atoms with Crippen molar-refractivity contribution in [2.24, 2.45) is 11.8 Å². The summed E-state index contributed by atoms with van der Waals surface area (Å²) >= 11 is 0. The summed E-state index contributed by atoms with van der Waals surface area (Å²) in [6.45, 7) is 8.17. The van der Waals surface area contributed by atoms with Crippen LogP contribution < -0.4 is 4.74 Å². The first kappa shape index (κ1) is 22.9. The van der Waals surface area contributed by atoms with E-state index < -0.39 is 17.5 Å². The normalized spacial score (nSPS) is 20.2. The fourth-order valence-electron chi connectivity index (χ4n) is 5.37. The molecule has 1 saturated carbocycles.